The Morgan fingerprint density at radius 3 is 2.53 bits per heavy atom. The van der Waals surface area contributed by atoms with E-state index in [1.807, 2.05) is 49.5 Å². The molecule has 0 aliphatic rings. The number of rotatable bonds is 11. The molecule has 6 heteroatoms. The molecule has 188 valence electrons. The van der Waals surface area contributed by atoms with Crippen LogP contribution in [-0.4, -0.2) is 47.9 Å². The molecule has 2 atom stereocenters. The van der Waals surface area contributed by atoms with E-state index in [0.29, 0.717) is 38.8 Å². The highest BCUT2D eigenvalue weighted by atomic mass is 16.2. The molecule has 0 radical (unpaired) electrons. The fourth-order valence-corrected chi connectivity index (χ4v) is 4.84. The zero-order valence-corrected chi connectivity index (χ0v) is 21.2. The number of amides is 2. The number of fused-ring (bicyclic) bond motifs is 2. The summed E-state index contributed by atoms with van der Waals surface area (Å²) in [5.41, 5.74) is 8.83. The highest BCUT2D eigenvalue weighted by Gasteiger charge is 2.31. The Labute approximate surface area is 212 Å². The van der Waals surface area contributed by atoms with Crippen molar-refractivity contribution in [2.45, 2.75) is 38.6 Å². The highest BCUT2D eigenvalue weighted by Crippen LogP contribution is 2.24. The van der Waals surface area contributed by atoms with Crippen LogP contribution in [0, 0.1) is 5.92 Å². The lowest BCUT2D eigenvalue weighted by Gasteiger charge is -2.30. The molecule has 36 heavy (non-hydrogen) atoms. The van der Waals surface area contributed by atoms with Gasteiger partial charge in [0.15, 0.2) is 0 Å². The van der Waals surface area contributed by atoms with E-state index in [-0.39, 0.29) is 17.7 Å². The molecule has 1 heterocycles. The molecule has 4 aromatic rings. The molecular formula is C30H36N4O2. The minimum absolute atomic E-state index is 0.0115. The van der Waals surface area contributed by atoms with Crippen molar-refractivity contribution in [3.8, 4) is 0 Å². The van der Waals surface area contributed by atoms with Crippen LogP contribution in [-0.2, 0) is 22.4 Å². The van der Waals surface area contributed by atoms with Crippen LogP contribution in [0.3, 0.4) is 0 Å². The van der Waals surface area contributed by atoms with Crippen molar-refractivity contribution < 1.29 is 9.59 Å². The van der Waals surface area contributed by atoms with Crippen molar-refractivity contribution in [2.75, 3.05) is 20.1 Å². The molecule has 6 nitrogen and oxygen atoms in total. The Morgan fingerprint density at radius 2 is 1.75 bits per heavy atom. The Kier molecular flexibility index (Phi) is 8.39. The largest absolute Gasteiger partial charge is 0.361 e. The number of hydrogen-bond acceptors (Lipinski definition) is 3. The minimum atomic E-state index is -0.603. The van der Waals surface area contributed by atoms with E-state index in [9.17, 15) is 9.59 Å². The molecule has 0 bridgehead atoms. The van der Waals surface area contributed by atoms with Crippen molar-refractivity contribution in [2.24, 2.45) is 11.7 Å². The first-order valence-electron chi connectivity index (χ1n) is 12.8. The van der Waals surface area contributed by atoms with Crippen molar-refractivity contribution in [1.29, 1.82) is 0 Å². The fourth-order valence-electron chi connectivity index (χ4n) is 4.84. The summed E-state index contributed by atoms with van der Waals surface area (Å²) in [6.45, 7) is 3.04. The molecule has 3 aromatic carbocycles. The fraction of sp³-hybridized carbons (Fsp3) is 0.333. The first-order valence-corrected chi connectivity index (χ1v) is 12.8. The monoisotopic (exact) mass is 484 g/mol. The summed E-state index contributed by atoms with van der Waals surface area (Å²) in [6.07, 6.45) is 4.46. The molecule has 2 unspecified atom stereocenters. The van der Waals surface area contributed by atoms with Crippen LogP contribution in [0.15, 0.2) is 72.9 Å². The summed E-state index contributed by atoms with van der Waals surface area (Å²) in [5.74, 6) is -0.373. The van der Waals surface area contributed by atoms with Crippen molar-refractivity contribution in [3.63, 3.8) is 0 Å². The van der Waals surface area contributed by atoms with Gasteiger partial charge in [-0.15, -0.1) is 0 Å². The number of nitrogens with zero attached hydrogens (tertiary/aromatic N) is 1. The number of para-hydroxylation sites is 1. The third-order valence-corrected chi connectivity index (χ3v) is 7.02. The number of benzene rings is 3. The van der Waals surface area contributed by atoms with Gasteiger partial charge < -0.3 is 20.9 Å². The number of likely N-dealkylation sites (N-methyl/N-ethyl adjacent to an activating group) is 1. The van der Waals surface area contributed by atoms with Crippen LogP contribution in [0.2, 0.25) is 0 Å². The number of hydrogen-bond donors (Lipinski definition) is 3. The van der Waals surface area contributed by atoms with Crippen LogP contribution < -0.4 is 11.1 Å². The molecule has 0 fully saturated rings. The molecule has 4 rings (SSSR count). The first-order chi connectivity index (χ1) is 17.5. The van der Waals surface area contributed by atoms with E-state index in [1.165, 1.54) is 0 Å². The molecule has 2 amide bonds. The summed E-state index contributed by atoms with van der Waals surface area (Å²) in [5, 5.41) is 6.40. The second-order valence-corrected chi connectivity index (χ2v) is 9.45. The van der Waals surface area contributed by atoms with Crippen LogP contribution in [0.25, 0.3) is 21.7 Å². The van der Waals surface area contributed by atoms with Crippen molar-refractivity contribution in [3.05, 3.63) is 84.1 Å². The van der Waals surface area contributed by atoms with Gasteiger partial charge in [0.05, 0.1) is 0 Å². The Balaban J connectivity index is 1.56. The molecule has 0 spiro atoms. The van der Waals surface area contributed by atoms with E-state index < -0.39 is 6.04 Å². The van der Waals surface area contributed by atoms with Crippen LogP contribution in [0.1, 0.15) is 30.9 Å². The van der Waals surface area contributed by atoms with Crippen LogP contribution in [0.5, 0.6) is 0 Å². The molecule has 0 saturated heterocycles. The number of nitrogens with two attached hydrogens (primary N) is 1. The van der Waals surface area contributed by atoms with Gasteiger partial charge in [-0.25, -0.2) is 0 Å². The highest BCUT2D eigenvalue weighted by molar-refractivity contribution is 5.90. The average molecular weight is 485 g/mol. The number of aromatic amines is 1. The number of carbonyl (C=O) groups excluding carboxylic acids is 2. The van der Waals surface area contributed by atoms with Gasteiger partial charge in [-0.05, 0) is 53.8 Å². The van der Waals surface area contributed by atoms with Gasteiger partial charge in [-0.1, -0.05) is 67.6 Å². The standard InChI is InChI=1S/C30H36N4O2/c1-3-22(19-25-20-33-27-12-7-6-11-26(25)27)30(36)34(2)28(29(35)32-16-8-15-31)18-21-13-14-23-9-4-5-10-24(23)17-21/h4-7,9-14,17,20,22,28,33H,3,8,15-16,18-19,31H2,1-2H3,(H,32,35). The summed E-state index contributed by atoms with van der Waals surface area (Å²) in [6, 6.07) is 21.9. The van der Waals surface area contributed by atoms with Crippen molar-refractivity contribution in [1.82, 2.24) is 15.2 Å². The lowest BCUT2D eigenvalue weighted by Crippen LogP contribution is -2.51. The topological polar surface area (TPSA) is 91.2 Å². The maximum atomic E-state index is 13.7. The minimum Gasteiger partial charge on any atom is -0.361 e. The molecule has 0 saturated carbocycles. The molecule has 1 aromatic heterocycles. The number of nitrogens with one attached hydrogen (secondary N) is 2. The lowest BCUT2D eigenvalue weighted by molar-refractivity contribution is -0.142. The van der Waals surface area contributed by atoms with Gasteiger partial charge in [0.25, 0.3) is 0 Å². The summed E-state index contributed by atoms with van der Waals surface area (Å²) in [4.78, 5) is 32.0. The van der Waals surface area contributed by atoms with Gasteiger partial charge in [-0.3, -0.25) is 9.59 Å². The predicted octanol–water partition coefficient (Wildman–Crippen LogP) is 4.42. The van der Waals surface area contributed by atoms with Gasteiger partial charge >= 0.3 is 0 Å². The van der Waals surface area contributed by atoms with Gasteiger partial charge in [0.1, 0.15) is 6.04 Å². The molecular weight excluding hydrogens is 448 g/mol. The van der Waals surface area contributed by atoms with Crippen molar-refractivity contribution >= 4 is 33.5 Å². The Morgan fingerprint density at radius 1 is 1.00 bits per heavy atom. The lowest BCUT2D eigenvalue weighted by atomic mass is 9.93. The molecule has 0 aliphatic heterocycles. The second kappa shape index (κ2) is 11.9. The Hall–Kier alpha value is -3.64. The SMILES string of the molecule is CCC(Cc1c[nH]c2ccccc12)C(=O)N(C)C(Cc1ccc2ccccc2c1)C(=O)NCCCN. The number of H-pyrrole nitrogens is 1. The summed E-state index contributed by atoms with van der Waals surface area (Å²) >= 11 is 0. The third-order valence-electron chi connectivity index (χ3n) is 7.02. The molecule has 4 N–H and O–H groups in total. The van der Waals surface area contributed by atoms with E-state index >= 15 is 0 Å². The van der Waals surface area contributed by atoms with Gasteiger partial charge in [0.2, 0.25) is 11.8 Å². The second-order valence-electron chi connectivity index (χ2n) is 9.45. The van der Waals surface area contributed by atoms with E-state index in [1.54, 1.807) is 11.9 Å². The van der Waals surface area contributed by atoms with Crippen LogP contribution >= 0.6 is 0 Å². The zero-order chi connectivity index (χ0) is 25.5. The van der Waals surface area contributed by atoms with Gasteiger partial charge in [-0.2, -0.15) is 0 Å². The smallest absolute Gasteiger partial charge is 0.243 e. The Bertz CT molecular complexity index is 1330. The first kappa shape index (κ1) is 25.5. The number of carbonyl (C=O) groups is 2. The van der Waals surface area contributed by atoms with E-state index in [4.69, 9.17) is 5.73 Å². The molecule has 0 aliphatic carbocycles. The normalized spacial score (nSPS) is 13.0. The third kappa shape index (κ3) is 5.77. The maximum absolute atomic E-state index is 13.7. The van der Waals surface area contributed by atoms with E-state index in [2.05, 4.69) is 40.6 Å². The average Bonchev–Trinajstić information content (AvgIpc) is 3.32. The number of aromatic nitrogens is 1. The van der Waals surface area contributed by atoms with Crippen LogP contribution in [0.4, 0.5) is 0 Å². The zero-order valence-electron chi connectivity index (χ0n) is 21.2. The predicted molar refractivity (Wildman–Crippen MR) is 147 cm³/mol. The van der Waals surface area contributed by atoms with E-state index in [0.717, 1.165) is 32.8 Å². The summed E-state index contributed by atoms with van der Waals surface area (Å²) in [7, 11) is 1.76. The quantitative estimate of drug-likeness (QED) is 0.275. The van der Waals surface area contributed by atoms with Gasteiger partial charge in [0, 0.05) is 43.0 Å². The summed E-state index contributed by atoms with van der Waals surface area (Å²) < 4.78 is 0. The maximum Gasteiger partial charge on any atom is 0.243 e.